The number of amides is 1. The van der Waals surface area contributed by atoms with Gasteiger partial charge < -0.3 is 14.6 Å². The average molecular weight is 448 g/mol. The first-order valence-electron chi connectivity index (χ1n) is 9.99. The minimum absolute atomic E-state index is 0.0828. The molecule has 3 heterocycles. The fourth-order valence-electron chi connectivity index (χ4n) is 4.13. The number of aromatic nitrogens is 3. The molecule has 1 aliphatic heterocycles. The lowest BCUT2D eigenvalue weighted by molar-refractivity contribution is -0.137. The van der Waals surface area contributed by atoms with Crippen LogP contribution in [0, 0.1) is 5.95 Å². The highest BCUT2D eigenvalue weighted by Gasteiger charge is 2.32. The predicted molar refractivity (Wildman–Crippen MR) is 108 cm³/mol. The Morgan fingerprint density at radius 2 is 1.84 bits per heavy atom. The number of halogens is 4. The molecule has 1 amide bonds. The van der Waals surface area contributed by atoms with E-state index in [-0.39, 0.29) is 11.5 Å². The Morgan fingerprint density at radius 1 is 1.12 bits per heavy atom. The highest BCUT2D eigenvalue weighted by molar-refractivity contribution is 5.79. The highest BCUT2D eigenvalue weighted by atomic mass is 19.4. The van der Waals surface area contributed by atoms with E-state index in [4.69, 9.17) is 0 Å². The number of pyridine rings is 1. The fraction of sp³-hybridized carbons (Fsp3) is 0.318. The van der Waals surface area contributed by atoms with Gasteiger partial charge in [0.1, 0.15) is 5.82 Å². The topological polar surface area (TPSA) is 71.2 Å². The van der Waals surface area contributed by atoms with Gasteiger partial charge >= 0.3 is 12.3 Å². The molecule has 0 radical (unpaired) electrons. The van der Waals surface area contributed by atoms with Crippen molar-refractivity contribution in [1.82, 2.24) is 19.4 Å². The number of likely N-dealkylation sites (tertiary alicyclic amines) is 1. The standard InChI is InChI=1S/C22H20F4N4O2/c1-29-19(15-5-8-27-17(23)12-15)18(14-3-2-4-16(11-14)22(24,25)26)28-20(29)13-6-9-30(10-7-13)21(31)32/h2-5,8,11-13H,6-7,9-10H2,1H3,(H,31,32). The zero-order chi connectivity index (χ0) is 23.0. The third-order valence-electron chi connectivity index (χ3n) is 5.72. The number of carbonyl (C=O) groups is 1. The maximum absolute atomic E-state index is 13.9. The minimum atomic E-state index is -4.51. The Bertz CT molecular complexity index is 1150. The second-order valence-electron chi connectivity index (χ2n) is 7.72. The number of imidazole rings is 1. The van der Waals surface area contributed by atoms with E-state index in [0.29, 0.717) is 48.7 Å². The first-order chi connectivity index (χ1) is 15.1. The van der Waals surface area contributed by atoms with Gasteiger partial charge in [0.25, 0.3) is 0 Å². The molecule has 1 saturated heterocycles. The van der Waals surface area contributed by atoms with Crippen molar-refractivity contribution in [3.05, 3.63) is 59.9 Å². The largest absolute Gasteiger partial charge is 0.465 e. The first kappa shape index (κ1) is 21.8. The van der Waals surface area contributed by atoms with Crippen LogP contribution in [0.5, 0.6) is 0 Å². The Morgan fingerprint density at radius 3 is 2.47 bits per heavy atom. The number of hydrogen-bond acceptors (Lipinski definition) is 3. The van der Waals surface area contributed by atoms with Gasteiger partial charge in [0.05, 0.1) is 17.0 Å². The zero-order valence-electron chi connectivity index (χ0n) is 17.1. The molecule has 0 saturated carbocycles. The van der Waals surface area contributed by atoms with Crippen LogP contribution in [0.25, 0.3) is 22.5 Å². The number of benzene rings is 1. The van der Waals surface area contributed by atoms with E-state index in [1.54, 1.807) is 17.7 Å². The lowest BCUT2D eigenvalue weighted by Gasteiger charge is -2.29. The van der Waals surface area contributed by atoms with Crippen LogP contribution in [0.1, 0.15) is 30.1 Å². The molecule has 168 valence electrons. The molecule has 0 bridgehead atoms. The summed E-state index contributed by atoms with van der Waals surface area (Å²) in [5.41, 5.74) is 0.677. The molecule has 6 nitrogen and oxygen atoms in total. The van der Waals surface area contributed by atoms with E-state index < -0.39 is 23.8 Å². The SMILES string of the molecule is Cn1c(C2CCN(C(=O)O)CC2)nc(-c2cccc(C(F)(F)F)c2)c1-c1ccnc(F)c1. The van der Waals surface area contributed by atoms with E-state index in [1.165, 1.54) is 29.3 Å². The monoisotopic (exact) mass is 448 g/mol. The van der Waals surface area contributed by atoms with Crippen LogP contribution >= 0.6 is 0 Å². The molecule has 10 heteroatoms. The molecule has 2 aromatic heterocycles. The lowest BCUT2D eigenvalue weighted by atomic mass is 9.96. The van der Waals surface area contributed by atoms with Gasteiger partial charge in [-0.25, -0.2) is 14.8 Å². The van der Waals surface area contributed by atoms with Crippen molar-refractivity contribution in [2.24, 2.45) is 7.05 Å². The summed E-state index contributed by atoms with van der Waals surface area (Å²) in [5, 5.41) is 9.18. The van der Waals surface area contributed by atoms with Gasteiger partial charge in [-0.05, 0) is 31.0 Å². The Hall–Kier alpha value is -3.43. The summed E-state index contributed by atoms with van der Waals surface area (Å²) in [6.45, 7) is 0.677. The van der Waals surface area contributed by atoms with Crippen LogP contribution in [0.15, 0.2) is 42.6 Å². The van der Waals surface area contributed by atoms with Crippen LogP contribution in [-0.2, 0) is 13.2 Å². The third-order valence-corrected chi connectivity index (χ3v) is 5.72. The molecular formula is C22H20F4N4O2. The molecule has 0 spiro atoms. The smallest absolute Gasteiger partial charge is 0.416 e. The van der Waals surface area contributed by atoms with E-state index in [0.717, 1.165) is 12.1 Å². The van der Waals surface area contributed by atoms with Crippen LogP contribution in [-0.4, -0.2) is 43.7 Å². The quantitative estimate of drug-likeness (QED) is 0.444. The number of nitrogens with zero attached hydrogens (tertiary/aromatic N) is 4. The van der Waals surface area contributed by atoms with Gasteiger partial charge in [0, 0.05) is 49.4 Å². The number of carboxylic acid groups (broad SMARTS) is 1. The summed E-state index contributed by atoms with van der Waals surface area (Å²) < 4.78 is 55.5. The summed E-state index contributed by atoms with van der Waals surface area (Å²) in [6, 6.07) is 7.66. The molecule has 4 rings (SSSR count). The first-order valence-corrected chi connectivity index (χ1v) is 9.99. The molecule has 1 aromatic carbocycles. The molecule has 1 aliphatic rings. The van der Waals surface area contributed by atoms with E-state index in [1.807, 2.05) is 0 Å². The van der Waals surface area contributed by atoms with E-state index >= 15 is 0 Å². The molecule has 0 aliphatic carbocycles. The summed E-state index contributed by atoms with van der Waals surface area (Å²) >= 11 is 0. The van der Waals surface area contributed by atoms with Gasteiger partial charge in [-0.15, -0.1) is 0 Å². The van der Waals surface area contributed by atoms with Crippen molar-refractivity contribution < 1.29 is 27.5 Å². The number of piperidine rings is 1. The van der Waals surface area contributed by atoms with Gasteiger partial charge in [0.15, 0.2) is 0 Å². The fourth-order valence-corrected chi connectivity index (χ4v) is 4.13. The normalized spacial score (nSPS) is 15.2. The molecule has 0 atom stereocenters. The van der Waals surface area contributed by atoms with Crippen molar-refractivity contribution in [3.63, 3.8) is 0 Å². The van der Waals surface area contributed by atoms with Crippen molar-refractivity contribution >= 4 is 6.09 Å². The highest BCUT2D eigenvalue weighted by Crippen LogP contribution is 2.39. The van der Waals surface area contributed by atoms with Gasteiger partial charge in [-0.1, -0.05) is 12.1 Å². The van der Waals surface area contributed by atoms with Crippen LogP contribution in [0.3, 0.4) is 0 Å². The average Bonchev–Trinajstić information content (AvgIpc) is 3.10. The van der Waals surface area contributed by atoms with Crippen LogP contribution in [0.4, 0.5) is 22.4 Å². The Labute approximate surface area is 181 Å². The van der Waals surface area contributed by atoms with Crippen molar-refractivity contribution in [2.75, 3.05) is 13.1 Å². The molecular weight excluding hydrogens is 428 g/mol. The molecule has 32 heavy (non-hydrogen) atoms. The van der Waals surface area contributed by atoms with Gasteiger partial charge in [0.2, 0.25) is 5.95 Å². The van der Waals surface area contributed by atoms with Crippen molar-refractivity contribution in [2.45, 2.75) is 24.9 Å². The second kappa shape index (κ2) is 8.25. The molecule has 3 aromatic rings. The molecule has 1 N–H and O–H groups in total. The van der Waals surface area contributed by atoms with E-state index in [2.05, 4.69) is 9.97 Å². The minimum Gasteiger partial charge on any atom is -0.465 e. The predicted octanol–water partition coefficient (Wildman–Crippen LogP) is 5.16. The van der Waals surface area contributed by atoms with Crippen molar-refractivity contribution in [1.29, 1.82) is 0 Å². The van der Waals surface area contributed by atoms with E-state index in [9.17, 15) is 27.5 Å². The van der Waals surface area contributed by atoms with Crippen molar-refractivity contribution in [3.8, 4) is 22.5 Å². The third kappa shape index (κ3) is 4.17. The number of alkyl halides is 3. The summed E-state index contributed by atoms with van der Waals surface area (Å²) in [7, 11) is 1.73. The molecule has 0 unspecified atom stereocenters. The van der Waals surface area contributed by atoms with Gasteiger partial charge in [-0.2, -0.15) is 17.6 Å². The maximum atomic E-state index is 13.9. The number of rotatable bonds is 3. The molecule has 1 fully saturated rings. The summed E-state index contributed by atoms with van der Waals surface area (Å²) in [6.07, 6.45) is -3.15. The van der Waals surface area contributed by atoms with Crippen LogP contribution < -0.4 is 0 Å². The summed E-state index contributed by atoms with van der Waals surface area (Å²) in [4.78, 5) is 20.8. The Balaban J connectivity index is 1.82. The van der Waals surface area contributed by atoms with Crippen LogP contribution in [0.2, 0.25) is 0 Å². The second-order valence-corrected chi connectivity index (χ2v) is 7.72. The van der Waals surface area contributed by atoms with Gasteiger partial charge in [-0.3, -0.25) is 0 Å². The zero-order valence-corrected chi connectivity index (χ0v) is 17.1. The maximum Gasteiger partial charge on any atom is 0.416 e. The lowest BCUT2D eigenvalue weighted by Crippen LogP contribution is -2.37. The Kier molecular flexibility index (Phi) is 5.62. The number of hydrogen-bond donors (Lipinski definition) is 1. The summed E-state index contributed by atoms with van der Waals surface area (Å²) in [5.74, 6) is -0.176.